The molecule has 0 fully saturated rings. The maximum Gasteiger partial charge on any atom is 0.290 e. The van der Waals surface area contributed by atoms with Gasteiger partial charge in [-0.05, 0) is 26.1 Å². The Balaban J connectivity index is 2.61. The van der Waals surface area contributed by atoms with Crippen LogP contribution in [0.3, 0.4) is 0 Å². The number of likely N-dealkylation sites (N-methyl/N-ethyl adjacent to an activating group) is 1. The van der Waals surface area contributed by atoms with Crippen molar-refractivity contribution in [2.75, 3.05) is 41.4 Å². The molecule has 1 aliphatic rings. The SMILES string of the molecule is COc1cccc(C2C(C(=O)CC(C)C)=C(O)C(=O)N2CCN(C)C)c1OC. The van der Waals surface area contributed by atoms with Crippen LogP contribution >= 0.6 is 0 Å². The molecule has 1 heterocycles. The van der Waals surface area contributed by atoms with E-state index in [1.165, 1.54) is 19.1 Å². The van der Waals surface area contributed by atoms with Crippen LogP contribution < -0.4 is 9.47 Å². The number of amides is 1. The second kappa shape index (κ2) is 9.10. The summed E-state index contributed by atoms with van der Waals surface area (Å²) < 4.78 is 10.9. The van der Waals surface area contributed by atoms with Crippen molar-refractivity contribution in [1.29, 1.82) is 0 Å². The topological polar surface area (TPSA) is 79.3 Å². The molecule has 28 heavy (non-hydrogen) atoms. The van der Waals surface area contributed by atoms with Gasteiger partial charge in [-0.25, -0.2) is 0 Å². The number of nitrogens with zero attached hydrogens (tertiary/aromatic N) is 2. The van der Waals surface area contributed by atoms with Crippen molar-refractivity contribution in [1.82, 2.24) is 9.80 Å². The van der Waals surface area contributed by atoms with Crippen LogP contribution in [0.4, 0.5) is 0 Å². The summed E-state index contributed by atoms with van der Waals surface area (Å²) in [5.74, 6) is -0.193. The summed E-state index contributed by atoms with van der Waals surface area (Å²) in [4.78, 5) is 29.3. The van der Waals surface area contributed by atoms with Crippen LogP contribution in [0.2, 0.25) is 0 Å². The average molecular weight is 390 g/mol. The number of hydrogen-bond acceptors (Lipinski definition) is 6. The molecule has 0 aliphatic carbocycles. The van der Waals surface area contributed by atoms with Crippen molar-refractivity contribution < 1.29 is 24.2 Å². The van der Waals surface area contributed by atoms with Crippen molar-refractivity contribution in [3.05, 3.63) is 35.1 Å². The van der Waals surface area contributed by atoms with E-state index in [4.69, 9.17) is 9.47 Å². The molecular weight excluding hydrogens is 360 g/mol. The van der Waals surface area contributed by atoms with Gasteiger partial charge in [0.1, 0.15) is 0 Å². The first-order valence-electron chi connectivity index (χ1n) is 9.35. The zero-order valence-corrected chi connectivity index (χ0v) is 17.5. The highest BCUT2D eigenvalue weighted by Gasteiger charge is 2.44. The van der Waals surface area contributed by atoms with Crippen LogP contribution in [-0.4, -0.2) is 68.0 Å². The van der Waals surface area contributed by atoms with Gasteiger partial charge < -0.3 is 24.4 Å². The van der Waals surface area contributed by atoms with Gasteiger partial charge in [0.2, 0.25) is 0 Å². The summed E-state index contributed by atoms with van der Waals surface area (Å²) in [5.41, 5.74) is 0.745. The summed E-state index contributed by atoms with van der Waals surface area (Å²) in [6, 6.07) is 4.61. The quantitative estimate of drug-likeness (QED) is 0.698. The van der Waals surface area contributed by atoms with Crippen LogP contribution in [0, 0.1) is 5.92 Å². The van der Waals surface area contributed by atoms with Crippen molar-refractivity contribution in [3.8, 4) is 11.5 Å². The van der Waals surface area contributed by atoms with E-state index in [0.717, 1.165) is 0 Å². The maximum atomic E-state index is 13.0. The molecule has 1 aromatic carbocycles. The molecule has 0 saturated carbocycles. The Morgan fingerprint density at radius 3 is 2.46 bits per heavy atom. The molecule has 1 aliphatic heterocycles. The van der Waals surface area contributed by atoms with Gasteiger partial charge in [0, 0.05) is 25.1 Å². The molecule has 0 aromatic heterocycles. The number of methoxy groups -OCH3 is 2. The monoisotopic (exact) mass is 390 g/mol. The van der Waals surface area contributed by atoms with E-state index in [2.05, 4.69) is 0 Å². The number of Topliss-reactive ketones (excluding diaryl/α,β-unsaturated/α-hetero) is 1. The number of aliphatic hydroxyl groups excluding tert-OH is 1. The van der Waals surface area contributed by atoms with Gasteiger partial charge >= 0.3 is 0 Å². The number of aliphatic hydroxyl groups is 1. The molecule has 1 amide bonds. The van der Waals surface area contributed by atoms with Gasteiger partial charge in [-0.15, -0.1) is 0 Å². The number of ketones is 1. The Bertz CT molecular complexity index is 770. The van der Waals surface area contributed by atoms with E-state index >= 15 is 0 Å². The van der Waals surface area contributed by atoms with E-state index in [0.29, 0.717) is 30.2 Å². The van der Waals surface area contributed by atoms with E-state index in [-0.39, 0.29) is 23.7 Å². The highest BCUT2D eigenvalue weighted by Crippen LogP contribution is 2.44. The third-order valence-corrected chi connectivity index (χ3v) is 4.71. The fourth-order valence-corrected chi connectivity index (χ4v) is 3.41. The zero-order valence-electron chi connectivity index (χ0n) is 17.5. The predicted octanol–water partition coefficient (Wildman–Crippen LogP) is 2.58. The van der Waals surface area contributed by atoms with E-state index in [1.807, 2.05) is 32.8 Å². The molecule has 154 valence electrons. The first-order valence-corrected chi connectivity index (χ1v) is 9.35. The van der Waals surface area contributed by atoms with E-state index in [9.17, 15) is 14.7 Å². The fraction of sp³-hybridized carbons (Fsp3) is 0.524. The third-order valence-electron chi connectivity index (χ3n) is 4.71. The summed E-state index contributed by atoms with van der Waals surface area (Å²) >= 11 is 0. The zero-order chi connectivity index (χ0) is 21.0. The molecule has 1 aromatic rings. The average Bonchev–Trinajstić information content (AvgIpc) is 2.89. The third kappa shape index (κ3) is 4.30. The molecular formula is C21H30N2O5. The lowest BCUT2D eigenvalue weighted by atomic mass is 9.91. The molecule has 0 spiro atoms. The van der Waals surface area contributed by atoms with Crippen LogP contribution in [0.5, 0.6) is 11.5 Å². The molecule has 7 heteroatoms. The van der Waals surface area contributed by atoms with E-state index in [1.54, 1.807) is 18.2 Å². The number of rotatable bonds is 9. The fourth-order valence-electron chi connectivity index (χ4n) is 3.41. The standard InChI is InChI=1S/C21H30N2O5/c1-13(2)12-15(24)17-18(14-8-7-9-16(27-5)20(14)28-6)23(11-10-22(3)4)21(26)19(17)25/h7-9,13,18,25H,10-12H2,1-6H3. The molecule has 0 radical (unpaired) electrons. The van der Waals surface area contributed by atoms with Crippen LogP contribution in [0.25, 0.3) is 0 Å². The van der Waals surface area contributed by atoms with Crippen molar-refractivity contribution in [2.24, 2.45) is 5.92 Å². The van der Waals surface area contributed by atoms with Crippen molar-refractivity contribution in [3.63, 3.8) is 0 Å². The minimum absolute atomic E-state index is 0.103. The van der Waals surface area contributed by atoms with Crippen LogP contribution in [0.1, 0.15) is 31.9 Å². The molecule has 1 unspecified atom stereocenters. The lowest BCUT2D eigenvalue weighted by molar-refractivity contribution is -0.129. The number of carbonyl (C=O) groups is 2. The summed E-state index contributed by atoms with van der Waals surface area (Å²) in [6.07, 6.45) is 0.247. The smallest absolute Gasteiger partial charge is 0.290 e. The normalized spacial score (nSPS) is 17.1. The summed E-state index contributed by atoms with van der Waals surface area (Å²) in [6.45, 7) is 4.81. The van der Waals surface area contributed by atoms with E-state index < -0.39 is 17.7 Å². The highest BCUT2D eigenvalue weighted by atomic mass is 16.5. The summed E-state index contributed by atoms with van der Waals surface area (Å²) in [7, 11) is 6.85. The number of carbonyl (C=O) groups excluding carboxylic acids is 2. The first kappa shape index (κ1) is 21.8. The number of hydrogen-bond donors (Lipinski definition) is 1. The highest BCUT2D eigenvalue weighted by molar-refractivity contribution is 6.09. The molecule has 0 bridgehead atoms. The minimum atomic E-state index is -0.719. The maximum absolute atomic E-state index is 13.0. The van der Waals surface area contributed by atoms with Gasteiger partial charge in [-0.1, -0.05) is 26.0 Å². The van der Waals surface area contributed by atoms with Gasteiger partial charge in [0.05, 0.1) is 25.8 Å². The second-order valence-corrected chi connectivity index (χ2v) is 7.57. The molecule has 0 saturated heterocycles. The largest absolute Gasteiger partial charge is 0.503 e. The Kier molecular flexibility index (Phi) is 7.07. The van der Waals surface area contributed by atoms with Crippen LogP contribution in [0.15, 0.2) is 29.5 Å². The first-order chi connectivity index (χ1) is 13.2. The Hall–Kier alpha value is -2.54. The number of ether oxygens (including phenoxy) is 2. The Morgan fingerprint density at radius 2 is 1.93 bits per heavy atom. The van der Waals surface area contributed by atoms with Gasteiger partial charge in [-0.3, -0.25) is 9.59 Å². The van der Waals surface area contributed by atoms with Gasteiger partial charge in [-0.2, -0.15) is 0 Å². The van der Waals surface area contributed by atoms with Crippen molar-refractivity contribution in [2.45, 2.75) is 26.3 Å². The lowest BCUT2D eigenvalue weighted by Crippen LogP contribution is -2.36. The Morgan fingerprint density at radius 1 is 1.25 bits per heavy atom. The Labute approximate surface area is 166 Å². The predicted molar refractivity (Wildman–Crippen MR) is 107 cm³/mol. The van der Waals surface area contributed by atoms with Gasteiger partial charge in [0.25, 0.3) is 5.91 Å². The lowest BCUT2D eigenvalue weighted by Gasteiger charge is -2.29. The van der Waals surface area contributed by atoms with Crippen LogP contribution in [-0.2, 0) is 9.59 Å². The molecule has 1 N–H and O–H groups in total. The molecule has 1 atom stereocenters. The van der Waals surface area contributed by atoms with Crippen molar-refractivity contribution >= 4 is 11.7 Å². The number of benzene rings is 1. The molecule has 7 nitrogen and oxygen atoms in total. The second-order valence-electron chi connectivity index (χ2n) is 7.57. The minimum Gasteiger partial charge on any atom is -0.503 e. The summed E-state index contributed by atoms with van der Waals surface area (Å²) in [5, 5.41) is 10.6. The van der Waals surface area contributed by atoms with Gasteiger partial charge in [0.15, 0.2) is 23.0 Å². The molecule has 2 rings (SSSR count). The number of para-hydroxylation sites is 1.